The van der Waals surface area contributed by atoms with E-state index in [2.05, 4.69) is 27.8 Å². The van der Waals surface area contributed by atoms with Crippen molar-refractivity contribution in [3.63, 3.8) is 0 Å². The summed E-state index contributed by atoms with van der Waals surface area (Å²) in [7, 11) is 1.58. The average molecular weight is 485 g/mol. The first-order valence-electron chi connectivity index (χ1n) is 11.1. The maximum Gasteiger partial charge on any atom is 0.255 e. The lowest BCUT2D eigenvalue weighted by atomic mass is 9.96. The van der Waals surface area contributed by atoms with E-state index in [1.807, 2.05) is 61.5 Å². The minimum atomic E-state index is -0.470. The summed E-state index contributed by atoms with van der Waals surface area (Å²) in [5.41, 5.74) is 3.92. The number of ether oxygens (including phenoxy) is 1. The third kappa shape index (κ3) is 4.76. The van der Waals surface area contributed by atoms with Crippen LogP contribution in [0.15, 0.2) is 95.6 Å². The Hall–Kier alpha value is -4.11. The first-order chi connectivity index (χ1) is 17.1. The van der Waals surface area contributed by atoms with Crippen molar-refractivity contribution < 1.29 is 9.53 Å². The Labute approximate surface area is 207 Å². The average Bonchev–Trinajstić information content (AvgIpc) is 3.30. The van der Waals surface area contributed by atoms with Crippen molar-refractivity contribution in [2.75, 3.05) is 17.7 Å². The Balaban J connectivity index is 1.48. The minimum Gasteiger partial charge on any atom is -0.495 e. The highest BCUT2D eigenvalue weighted by atomic mass is 32.2. The van der Waals surface area contributed by atoms with E-state index in [1.165, 1.54) is 5.56 Å². The minimum absolute atomic E-state index is 0.249. The number of benzene rings is 2. The van der Waals surface area contributed by atoms with Gasteiger partial charge in [-0.2, -0.15) is 4.98 Å². The quantitative estimate of drug-likeness (QED) is 0.360. The number of nitrogens with zero attached hydrogens (tertiary/aromatic N) is 4. The molecule has 1 atom stereocenters. The number of pyridine rings is 1. The SMILES string of the molecule is COc1ccccc1NC(=O)C1=C(C)Nc2nc(SCc3ccccc3)nn2C1c1ccncc1. The Morgan fingerprint density at radius 2 is 1.83 bits per heavy atom. The van der Waals surface area contributed by atoms with E-state index in [-0.39, 0.29) is 5.91 Å². The zero-order chi connectivity index (χ0) is 24.2. The molecule has 35 heavy (non-hydrogen) atoms. The molecule has 1 aliphatic heterocycles. The predicted molar refractivity (Wildman–Crippen MR) is 136 cm³/mol. The summed E-state index contributed by atoms with van der Waals surface area (Å²) < 4.78 is 7.18. The van der Waals surface area contributed by atoms with Gasteiger partial charge >= 0.3 is 0 Å². The molecule has 0 saturated heterocycles. The van der Waals surface area contributed by atoms with E-state index in [9.17, 15) is 4.79 Å². The van der Waals surface area contributed by atoms with Crippen molar-refractivity contribution in [3.8, 4) is 5.75 Å². The summed E-state index contributed by atoms with van der Waals surface area (Å²) in [6.07, 6.45) is 3.42. The van der Waals surface area contributed by atoms with Gasteiger partial charge in [0.05, 0.1) is 18.4 Å². The van der Waals surface area contributed by atoms with Gasteiger partial charge in [0.1, 0.15) is 11.8 Å². The van der Waals surface area contributed by atoms with E-state index >= 15 is 0 Å². The smallest absolute Gasteiger partial charge is 0.255 e. The number of hydrogen-bond acceptors (Lipinski definition) is 7. The molecule has 9 heteroatoms. The van der Waals surface area contributed by atoms with Gasteiger partial charge in [0.25, 0.3) is 5.91 Å². The van der Waals surface area contributed by atoms with Crippen LogP contribution in [0.1, 0.15) is 24.1 Å². The monoisotopic (exact) mass is 484 g/mol. The number of aromatic nitrogens is 4. The Morgan fingerprint density at radius 3 is 2.60 bits per heavy atom. The maximum atomic E-state index is 13.6. The van der Waals surface area contributed by atoms with Gasteiger partial charge in [-0.3, -0.25) is 9.78 Å². The lowest BCUT2D eigenvalue weighted by Crippen LogP contribution is -2.31. The largest absolute Gasteiger partial charge is 0.495 e. The number of methoxy groups -OCH3 is 1. The molecular weight excluding hydrogens is 460 g/mol. The fourth-order valence-corrected chi connectivity index (χ4v) is 4.79. The molecule has 8 nitrogen and oxygen atoms in total. The fraction of sp³-hybridized carbons (Fsp3) is 0.154. The second-order valence-electron chi connectivity index (χ2n) is 7.94. The lowest BCUT2D eigenvalue weighted by molar-refractivity contribution is -0.113. The molecule has 0 spiro atoms. The summed E-state index contributed by atoms with van der Waals surface area (Å²) >= 11 is 1.55. The van der Waals surface area contributed by atoms with Crippen LogP contribution in [0.4, 0.5) is 11.6 Å². The molecule has 176 valence electrons. The Kier molecular flexibility index (Phi) is 6.49. The van der Waals surface area contributed by atoms with Gasteiger partial charge in [-0.25, -0.2) is 4.68 Å². The van der Waals surface area contributed by atoms with E-state index in [0.29, 0.717) is 33.8 Å². The summed E-state index contributed by atoms with van der Waals surface area (Å²) in [6, 6.07) is 20.8. The fourth-order valence-electron chi connectivity index (χ4n) is 4.00. The standard InChI is InChI=1S/C26H24N6O2S/c1-17-22(24(33)29-20-10-6-7-11-21(20)34-2)23(19-12-14-27-15-13-19)32-25(28-17)30-26(31-32)35-16-18-8-4-3-5-9-18/h3-15,23H,16H2,1-2H3,(H,29,33)(H,28,30,31). The van der Waals surface area contributed by atoms with Crippen LogP contribution in [0.2, 0.25) is 0 Å². The van der Waals surface area contributed by atoms with Gasteiger partial charge in [0, 0.05) is 23.8 Å². The number of nitrogens with one attached hydrogen (secondary N) is 2. The van der Waals surface area contributed by atoms with Gasteiger partial charge in [-0.15, -0.1) is 5.10 Å². The summed E-state index contributed by atoms with van der Waals surface area (Å²) in [6.45, 7) is 1.88. The molecule has 0 fully saturated rings. The van der Waals surface area contributed by atoms with Gasteiger partial charge in [0.15, 0.2) is 0 Å². The topological polar surface area (TPSA) is 94.0 Å². The van der Waals surface area contributed by atoms with Crippen LogP contribution in [0.5, 0.6) is 5.75 Å². The number of anilines is 2. The molecule has 0 aliphatic carbocycles. The Bertz CT molecular complexity index is 1370. The van der Waals surface area contributed by atoms with E-state index in [4.69, 9.17) is 14.8 Å². The summed E-state index contributed by atoms with van der Waals surface area (Å²) in [4.78, 5) is 22.5. The number of hydrogen-bond donors (Lipinski definition) is 2. The Morgan fingerprint density at radius 1 is 1.09 bits per heavy atom. The van der Waals surface area contributed by atoms with Crippen LogP contribution in [-0.4, -0.2) is 32.8 Å². The third-order valence-corrected chi connectivity index (χ3v) is 6.57. The normalized spacial score (nSPS) is 14.7. The molecule has 2 N–H and O–H groups in total. The molecule has 1 aliphatic rings. The second kappa shape index (κ2) is 10.0. The number of carbonyl (C=O) groups is 1. The van der Waals surface area contributed by atoms with E-state index < -0.39 is 6.04 Å². The van der Waals surface area contributed by atoms with Gasteiger partial charge < -0.3 is 15.4 Å². The van der Waals surface area contributed by atoms with Crippen LogP contribution in [0.25, 0.3) is 0 Å². The van der Waals surface area contributed by atoms with Crippen LogP contribution >= 0.6 is 11.8 Å². The molecular formula is C26H24N6O2S. The zero-order valence-electron chi connectivity index (χ0n) is 19.3. The van der Waals surface area contributed by atoms with Crippen LogP contribution in [0.3, 0.4) is 0 Å². The summed E-state index contributed by atoms with van der Waals surface area (Å²) in [5, 5.41) is 11.7. The van der Waals surface area contributed by atoms with E-state index in [1.54, 1.807) is 35.9 Å². The van der Waals surface area contributed by atoms with E-state index in [0.717, 1.165) is 11.3 Å². The number of thioether (sulfide) groups is 1. The van der Waals surface area contributed by atoms with Crippen molar-refractivity contribution in [2.45, 2.75) is 23.9 Å². The van der Waals surface area contributed by atoms with Gasteiger partial charge in [0.2, 0.25) is 11.1 Å². The number of allylic oxidation sites excluding steroid dienone is 1. The number of amides is 1. The molecule has 1 unspecified atom stereocenters. The number of para-hydroxylation sites is 2. The second-order valence-corrected chi connectivity index (χ2v) is 8.88. The molecule has 3 heterocycles. The van der Waals surface area contributed by atoms with Crippen LogP contribution in [0, 0.1) is 0 Å². The van der Waals surface area contributed by atoms with Crippen LogP contribution < -0.4 is 15.4 Å². The molecule has 4 aromatic rings. The molecule has 5 rings (SSSR count). The van der Waals surface area contributed by atoms with Gasteiger partial charge in [-0.1, -0.05) is 54.2 Å². The van der Waals surface area contributed by atoms with Crippen molar-refractivity contribution in [3.05, 3.63) is 102 Å². The number of carbonyl (C=O) groups excluding carboxylic acids is 1. The first kappa shape index (κ1) is 22.7. The number of fused-ring (bicyclic) bond motifs is 1. The van der Waals surface area contributed by atoms with Crippen molar-refractivity contribution in [1.29, 1.82) is 0 Å². The third-order valence-electron chi connectivity index (χ3n) is 5.67. The molecule has 2 aromatic heterocycles. The highest BCUT2D eigenvalue weighted by Gasteiger charge is 2.34. The molecule has 0 bridgehead atoms. The summed E-state index contributed by atoms with van der Waals surface area (Å²) in [5.74, 6) is 1.68. The van der Waals surface area contributed by atoms with Crippen molar-refractivity contribution in [2.24, 2.45) is 0 Å². The highest BCUT2D eigenvalue weighted by Crippen LogP contribution is 2.37. The molecule has 0 radical (unpaired) electrons. The van der Waals surface area contributed by atoms with Gasteiger partial charge in [-0.05, 0) is 42.3 Å². The maximum absolute atomic E-state index is 13.6. The number of rotatable bonds is 7. The first-order valence-corrected chi connectivity index (χ1v) is 12.1. The van der Waals surface area contributed by atoms with Crippen molar-refractivity contribution >= 4 is 29.3 Å². The molecule has 2 aromatic carbocycles. The molecule has 0 saturated carbocycles. The van der Waals surface area contributed by atoms with Crippen molar-refractivity contribution in [1.82, 2.24) is 19.7 Å². The predicted octanol–water partition coefficient (Wildman–Crippen LogP) is 4.90. The lowest BCUT2D eigenvalue weighted by Gasteiger charge is -2.28. The zero-order valence-corrected chi connectivity index (χ0v) is 20.1. The molecule has 1 amide bonds. The van der Waals surface area contributed by atoms with Crippen LogP contribution in [-0.2, 0) is 10.5 Å². The highest BCUT2D eigenvalue weighted by molar-refractivity contribution is 7.98.